The van der Waals surface area contributed by atoms with Gasteiger partial charge in [0.2, 0.25) is 0 Å². The third-order valence-electron chi connectivity index (χ3n) is 4.85. The van der Waals surface area contributed by atoms with Gasteiger partial charge in [-0.15, -0.1) is 11.3 Å². The number of anilines is 1. The van der Waals surface area contributed by atoms with Crippen molar-refractivity contribution in [1.29, 1.82) is 0 Å². The SMILES string of the molecule is CCNCc1sc(N2CCC(CC)(CC)C2)nc1CC. The summed E-state index contributed by atoms with van der Waals surface area (Å²) < 4.78 is 0. The van der Waals surface area contributed by atoms with Gasteiger partial charge in [0, 0.05) is 24.5 Å². The fourth-order valence-corrected chi connectivity index (χ4v) is 4.23. The maximum Gasteiger partial charge on any atom is 0.185 e. The fraction of sp³-hybridized carbons (Fsp3) is 0.812. The lowest BCUT2D eigenvalue weighted by molar-refractivity contribution is 0.301. The summed E-state index contributed by atoms with van der Waals surface area (Å²) in [5.41, 5.74) is 1.82. The second-order valence-corrected chi connectivity index (χ2v) is 6.94. The van der Waals surface area contributed by atoms with Crippen LogP contribution in [0.15, 0.2) is 0 Å². The van der Waals surface area contributed by atoms with E-state index in [2.05, 4.69) is 37.9 Å². The summed E-state index contributed by atoms with van der Waals surface area (Å²) in [6.07, 6.45) is 4.94. The van der Waals surface area contributed by atoms with Crippen LogP contribution in [0.25, 0.3) is 0 Å². The summed E-state index contributed by atoms with van der Waals surface area (Å²) in [6, 6.07) is 0. The van der Waals surface area contributed by atoms with Crippen molar-refractivity contribution >= 4 is 16.5 Å². The topological polar surface area (TPSA) is 28.2 Å². The number of nitrogens with zero attached hydrogens (tertiary/aromatic N) is 2. The van der Waals surface area contributed by atoms with Crippen LogP contribution in [0.3, 0.4) is 0 Å². The van der Waals surface area contributed by atoms with Gasteiger partial charge in [0.25, 0.3) is 0 Å². The van der Waals surface area contributed by atoms with E-state index in [1.807, 2.05) is 11.3 Å². The molecule has 0 aliphatic carbocycles. The average molecular weight is 295 g/mol. The number of aromatic nitrogens is 1. The number of rotatable bonds is 7. The minimum atomic E-state index is 0.528. The summed E-state index contributed by atoms with van der Waals surface area (Å²) in [4.78, 5) is 8.85. The predicted octanol–water partition coefficient (Wildman–Crippen LogP) is 3.83. The Labute approximate surface area is 127 Å². The molecular weight excluding hydrogens is 266 g/mol. The molecule has 0 unspecified atom stereocenters. The van der Waals surface area contributed by atoms with E-state index >= 15 is 0 Å². The third kappa shape index (κ3) is 3.17. The largest absolute Gasteiger partial charge is 0.348 e. The smallest absolute Gasteiger partial charge is 0.185 e. The van der Waals surface area contributed by atoms with Crippen LogP contribution in [0.2, 0.25) is 0 Å². The molecule has 0 amide bonds. The Morgan fingerprint density at radius 2 is 2.00 bits per heavy atom. The van der Waals surface area contributed by atoms with E-state index in [1.165, 1.54) is 48.1 Å². The lowest BCUT2D eigenvalue weighted by Gasteiger charge is -2.26. The van der Waals surface area contributed by atoms with Crippen molar-refractivity contribution in [1.82, 2.24) is 10.3 Å². The number of hydrogen-bond acceptors (Lipinski definition) is 4. The molecule has 0 spiro atoms. The molecule has 1 N–H and O–H groups in total. The molecule has 114 valence electrons. The van der Waals surface area contributed by atoms with Gasteiger partial charge in [-0.2, -0.15) is 0 Å². The average Bonchev–Trinajstić information content (AvgIpc) is 3.09. The van der Waals surface area contributed by atoms with E-state index in [-0.39, 0.29) is 0 Å². The molecule has 1 aliphatic rings. The maximum absolute atomic E-state index is 4.90. The second-order valence-electron chi connectivity index (χ2n) is 5.88. The van der Waals surface area contributed by atoms with Crippen molar-refractivity contribution in [3.63, 3.8) is 0 Å². The highest BCUT2D eigenvalue weighted by atomic mass is 32.1. The Bertz CT molecular complexity index is 423. The van der Waals surface area contributed by atoms with Crippen molar-refractivity contribution in [3.8, 4) is 0 Å². The van der Waals surface area contributed by atoms with Crippen molar-refractivity contribution in [3.05, 3.63) is 10.6 Å². The highest BCUT2D eigenvalue weighted by molar-refractivity contribution is 7.15. The first-order chi connectivity index (χ1) is 9.68. The van der Waals surface area contributed by atoms with Crippen molar-refractivity contribution in [2.75, 3.05) is 24.5 Å². The van der Waals surface area contributed by atoms with Crippen molar-refractivity contribution in [2.24, 2.45) is 5.41 Å². The van der Waals surface area contributed by atoms with Gasteiger partial charge in [-0.1, -0.05) is 27.7 Å². The van der Waals surface area contributed by atoms with Gasteiger partial charge in [0.1, 0.15) is 0 Å². The highest BCUT2D eigenvalue weighted by Crippen LogP contribution is 2.40. The minimum Gasteiger partial charge on any atom is -0.348 e. The molecule has 1 fully saturated rings. The van der Waals surface area contributed by atoms with Gasteiger partial charge in [-0.25, -0.2) is 4.98 Å². The molecule has 0 bridgehead atoms. The molecule has 4 heteroatoms. The summed E-state index contributed by atoms with van der Waals surface area (Å²) in [5.74, 6) is 0. The Morgan fingerprint density at radius 3 is 2.55 bits per heavy atom. The molecule has 1 aliphatic heterocycles. The molecule has 3 nitrogen and oxygen atoms in total. The van der Waals surface area contributed by atoms with E-state index in [9.17, 15) is 0 Å². The molecule has 0 saturated carbocycles. The van der Waals surface area contributed by atoms with Gasteiger partial charge in [0.05, 0.1) is 5.69 Å². The molecule has 20 heavy (non-hydrogen) atoms. The van der Waals surface area contributed by atoms with Crippen LogP contribution in [0, 0.1) is 5.41 Å². The van der Waals surface area contributed by atoms with Gasteiger partial charge in [0.15, 0.2) is 5.13 Å². The monoisotopic (exact) mass is 295 g/mol. The first kappa shape index (κ1) is 15.8. The first-order valence-corrected chi connectivity index (χ1v) is 8.93. The predicted molar refractivity (Wildman–Crippen MR) is 88.7 cm³/mol. The molecule has 0 atom stereocenters. The van der Waals surface area contributed by atoms with E-state index in [4.69, 9.17) is 4.98 Å². The van der Waals surface area contributed by atoms with Crippen molar-refractivity contribution < 1.29 is 0 Å². The van der Waals surface area contributed by atoms with Gasteiger partial charge in [-0.05, 0) is 37.6 Å². The third-order valence-corrected chi connectivity index (χ3v) is 6.00. The molecule has 1 aromatic rings. The molecule has 1 aromatic heterocycles. The molecule has 0 radical (unpaired) electrons. The zero-order valence-electron chi connectivity index (χ0n) is 13.5. The quantitative estimate of drug-likeness (QED) is 0.828. The first-order valence-electron chi connectivity index (χ1n) is 8.12. The number of hydrogen-bond donors (Lipinski definition) is 1. The summed E-state index contributed by atoms with van der Waals surface area (Å²) in [5, 5.41) is 4.68. The van der Waals surface area contributed by atoms with Crippen LogP contribution < -0.4 is 10.2 Å². The van der Waals surface area contributed by atoms with Crippen LogP contribution in [0.1, 0.15) is 57.5 Å². The van der Waals surface area contributed by atoms with E-state index in [1.54, 1.807) is 0 Å². The number of thiazole rings is 1. The Balaban J connectivity index is 2.12. The fourth-order valence-electron chi connectivity index (χ4n) is 3.08. The molecule has 2 heterocycles. The lowest BCUT2D eigenvalue weighted by atomic mass is 9.82. The normalized spacial score (nSPS) is 17.9. The Morgan fingerprint density at radius 1 is 1.25 bits per heavy atom. The van der Waals surface area contributed by atoms with Crippen LogP contribution in [0.5, 0.6) is 0 Å². The molecular formula is C16H29N3S. The van der Waals surface area contributed by atoms with E-state index < -0.39 is 0 Å². The van der Waals surface area contributed by atoms with Gasteiger partial charge in [-0.3, -0.25) is 0 Å². The summed E-state index contributed by atoms with van der Waals surface area (Å²) >= 11 is 1.90. The Kier molecular flexibility index (Phi) is 5.44. The number of nitrogens with one attached hydrogen (secondary N) is 1. The molecule has 1 saturated heterocycles. The molecule has 0 aromatic carbocycles. The number of aryl methyl sites for hydroxylation is 1. The second kappa shape index (κ2) is 6.90. The minimum absolute atomic E-state index is 0.528. The standard InChI is InChI=1S/C16H29N3S/c1-5-13-14(11-17-8-4)20-15(18-13)19-10-9-16(6-2,7-3)12-19/h17H,5-12H2,1-4H3. The van der Waals surface area contributed by atoms with Crippen LogP contribution in [-0.2, 0) is 13.0 Å². The van der Waals surface area contributed by atoms with Crippen LogP contribution in [-0.4, -0.2) is 24.6 Å². The van der Waals surface area contributed by atoms with Crippen LogP contribution >= 0.6 is 11.3 Å². The summed E-state index contributed by atoms with van der Waals surface area (Å²) in [7, 11) is 0. The lowest BCUT2D eigenvalue weighted by Crippen LogP contribution is -2.26. The highest BCUT2D eigenvalue weighted by Gasteiger charge is 2.36. The maximum atomic E-state index is 4.90. The van der Waals surface area contributed by atoms with Gasteiger partial charge < -0.3 is 10.2 Å². The zero-order chi connectivity index (χ0) is 14.6. The summed E-state index contributed by atoms with van der Waals surface area (Å²) in [6.45, 7) is 13.4. The zero-order valence-corrected chi connectivity index (χ0v) is 14.3. The van der Waals surface area contributed by atoms with E-state index in [0.717, 1.165) is 19.5 Å². The van der Waals surface area contributed by atoms with Crippen molar-refractivity contribution in [2.45, 2.75) is 59.9 Å². The molecule has 2 rings (SSSR count). The van der Waals surface area contributed by atoms with Crippen LogP contribution in [0.4, 0.5) is 5.13 Å². The van der Waals surface area contributed by atoms with Gasteiger partial charge >= 0.3 is 0 Å². The Hall–Kier alpha value is -0.610. The van der Waals surface area contributed by atoms with E-state index in [0.29, 0.717) is 5.41 Å².